The maximum Gasteiger partial charge on any atom is 0.122 e. The smallest absolute Gasteiger partial charge is 0.122 e. The second-order valence-electron chi connectivity index (χ2n) is 1.70. The lowest BCUT2D eigenvalue weighted by molar-refractivity contribution is 0.628. The summed E-state index contributed by atoms with van der Waals surface area (Å²) in [5, 5.41) is 0. The van der Waals surface area contributed by atoms with Crippen molar-refractivity contribution in [2.24, 2.45) is 0 Å². The second kappa shape index (κ2) is 2.44. The van der Waals surface area contributed by atoms with Gasteiger partial charge in [-0.1, -0.05) is 5.46 Å². The first-order valence-corrected chi connectivity index (χ1v) is 2.89. The molecule has 9 heavy (non-hydrogen) atoms. The third-order valence-corrected chi connectivity index (χ3v) is 1.40. The van der Waals surface area contributed by atoms with E-state index < -0.39 is 0 Å². The van der Waals surface area contributed by atoms with Crippen LogP contribution in [0.1, 0.15) is 0 Å². The van der Waals surface area contributed by atoms with Crippen molar-refractivity contribution in [3.63, 3.8) is 0 Å². The van der Waals surface area contributed by atoms with Crippen LogP contribution in [0.5, 0.6) is 0 Å². The van der Waals surface area contributed by atoms with E-state index in [-0.39, 0.29) is 5.82 Å². The molecular formula is C6H4BFS. The summed E-state index contributed by atoms with van der Waals surface area (Å²) in [6.07, 6.45) is 0. The average Bonchev–Trinajstić information content (AvgIpc) is 1.80. The number of thiol groups is 1. The third-order valence-electron chi connectivity index (χ3n) is 0.990. The maximum atomic E-state index is 12.2. The predicted molar refractivity (Wildman–Crippen MR) is 39.0 cm³/mol. The van der Waals surface area contributed by atoms with Crippen LogP contribution in [0.2, 0.25) is 0 Å². The molecule has 1 aromatic carbocycles. The van der Waals surface area contributed by atoms with Crippen molar-refractivity contribution in [3.8, 4) is 0 Å². The third kappa shape index (κ3) is 1.48. The topological polar surface area (TPSA) is 0 Å². The highest BCUT2D eigenvalue weighted by Crippen LogP contribution is 2.01. The SMILES string of the molecule is [B]c1cc(F)ccc1S. The molecule has 1 rings (SSSR count). The Morgan fingerprint density at radius 3 is 2.56 bits per heavy atom. The van der Waals surface area contributed by atoms with Crippen LogP contribution >= 0.6 is 12.6 Å². The first kappa shape index (κ1) is 6.68. The molecule has 0 amide bonds. The van der Waals surface area contributed by atoms with E-state index in [9.17, 15) is 4.39 Å². The number of benzene rings is 1. The van der Waals surface area contributed by atoms with Gasteiger partial charge in [0.15, 0.2) is 0 Å². The van der Waals surface area contributed by atoms with Gasteiger partial charge >= 0.3 is 0 Å². The molecule has 0 N–H and O–H groups in total. The summed E-state index contributed by atoms with van der Waals surface area (Å²) in [6.45, 7) is 0. The normalized spacial score (nSPS) is 9.56. The summed E-state index contributed by atoms with van der Waals surface area (Å²) < 4.78 is 12.2. The Bertz CT molecular complexity index is 224. The standard InChI is InChI=1S/C6H4BFS/c7-5-3-4(8)1-2-6(5)9/h1-3,9H. The first-order chi connectivity index (χ1) is 4.20. The molecule has 0 unspecified atom stereocenters. The second-order valence-corrected chi connectivity index (χ2v) is 2.18. The van der Waals surface area contributed by atoms with Crippen LogP contribution in [0.4, 0.5) is 4.39 Å². The fourth-order valence-electron chi connectivity index (χ4n) is 0.525. The molecule has 0 aliphatic rings. The molecule has 0 aliphatic heterocycles. The van der Waals surface area contributed by atoms with Crippen LogP contribution in [0.25, 0.3) is 0 Å². The molecule has 0 aliphatic carbocycles. The molecule has 0 aromatic heterocycles. The van der Waals surface area contributed by atoms with E-state index in [1.807, 2.05) is 0 Å². The lowest BCUT2D eigenvalue weighted by Crippen LogP contribution is -2.04. The number of rotatable bonds is 0. The zero-order valence-corrected chi connectivity index (χ0v) is 5.53. The fraction of sp³-hybridized carbons (Fsp3) is 0. The highest BCUT2D eigenvalue weighted by atomic mass is 32.1. The molecule has 0 nitrogen and oxygen atoms in total. The Morgan fingerprint density at radius 2 is 2.11 bits per heavy atom. The monoisotopic (exact) mass is 138 g/mol. The molecule has 2 radical (unpaired) electrons. The molecule has 0 spiro atoms. The van der Waals surface area contributed by atoms with E-state index in [0.717, 1.165) is 0 Å². The average molecular weight is 138 g/mol. The molecule has 0 saturated carbocycles. The summed E-state index contributed by atoms with van der Waals surface area (Å²) in [5.74, 6) is -0.328. The zero-order valence-electron chi connectivity index (χ0n) is 4.63. The molecule has 0 saturated heterocycles. The van der Waals surface area contributed by atoms with Crippen LogP contribution in [-0.4, -0.2) is 7.85 Å². The van der Waals surface area contributed by atoms with Crippen LogP contribution in [0, 0.1) is 5.82 Å². The van der Waals surface area contributed by atoms with Gasteiger partial charge in [0.05, 0.1) is 0 Å². The Balaban J connectivity index is 3.17. The highest BCUT2D eigenvalue weighted by molar-refractivity contribution is 7.80. The highest BCUT2D eigenvalue weighted by Gasteiger charge is 1.92. The molecule has 44 valence electrons. The Labute approximate surface area is 59.9 Å². The minimum Gasteiger partial charge on any atom is -0.207 e. The van der Waals surface area contributed by atoms with E-state index in [4.69, 9.17) is 7.85 Å². The molecule has 0 fully saturated rings. The van der Waals surface area contributed by atoms with E-state index in [1.54, 1.807) is 0 Å². The summed E-state index contributed by atoms with van der Waals surface area (Å²) in [6, 6.07) is 4.08. The van der Waals surface area contributed by atoms with Gasteiger partial charge in [0.2, 0.25) is 0 Å². The van der Waals surface area contributed by atoms with Gasteiger partial charge in [-0.25, -0.2) is 4.39 Å². The van der Waals surface area contributed by atoms with Crippen LogP contribution in [0.3, 0.4) is 0 Å². The molecule has 3 heteroatoms. The van der Waals surface area contributed by atoms with Crippen molar-refractivity contribution in [2.75, 3.05) is 0 Å². The number of hydrogen-bond donors (Lipinski definition) is 1. The number of halogens is 1. The minimum atomic E-state index is -0.328. The van der Waals surface area contributed by atoms with Crippen LogP contribution in [-0.2, 0) is 0 Å². The summed E-state index contributed by atoms with van der Waals surface area (Å²) >= 11 is 3.95. The zero-order chi connectivity index (χ0) is 6.85. The molecule has 0 bridgehead atoms. The van der Waals surface area contributed by atoms with Crippen LogP contribution < -0.4 is 5.46 Å². The Hall–Kier alpha value is -0.435. The Morgan fingerprint density at radius 1 is 1.44 bits per heavy atom. The van der Waals surface area contributed by atoms with E-state index in [0.29, 0.717) is 10.4 Å². The van der Waals surface area contributed by atoms with Gasteiger partial charge in [-0.05, 0) is 23.1 Å². The van der Waals surface area contributed by atoms with Gasteiger partial charge in [0, 0.05) is 0 Å². The molecule has 1 aromatic rings. The quantitative estimate of drug-likeness (QED) is 0.399. The molecule has 0 heterocycles. The summed E-state index contributed by atoms with van der Waals surface area (Å²) in [7, 11) is 5.30. The largest absolute Gasteiger partial charge is 0.207 e. The van der Waals surface area contributed by atoms with Crippen molar-refractivity contribution in [1.82, 2.24) is 0 Å². The van der Waals surface area contributed by atoms with Crippen molar-refractivity contribution in [1.29, 1.82) is 0 Å². The summed E-state index contributed by atoms with van der Waals surface area (Å²) in [4.78, 5) is 0.608. The van der Waals surface area contributed by atoms with Gasteiger partial charge in [0.25, 0.3) is 0 Å². The molecule has 0 atom stereocenters. The van der Waals surface area contributed by atoms with E-state index in [1.165, 1.54) is 18.2 Å². The van der Waals surface area contributed by atoms with Gasteiger partial charge in [0.1, 0.15) is 13.7 Å². The van der Waals surface area contributed by atoms with Gasteiger partial charge < -0.3 is 0 Å². The van der Waals surface area contributed by atoms with Crippen molar-refractivity contribution in [2.45, 2.75) is 4.90 Å². The van der Waals surface area contributed by atoms with Crippen molar-refractivity contribution < 1.29 is 4.39 Å². The lowest BCUT2D eigenvalue weighted by Gasteiger charge is -1.95. The molecular weight excluding hydrogens is 134 g/mol. The maximum absolute atomic E-state index is 12.2. The van der Waals surface area contributed by atoms with E-state index >= 15 is 0 Å². The van der Waals surface area contributed by atoms with Crippen molar-refractivity contribution in [3.05, 3.63) is 24.0 Å². The first-order valence-electron chi connectivity index (χ1n) is 2.44. The number of hydrogen-bond acceptors (Lipinski definition) is 1. The van der Waals surface area contributed by atoms with Gasteiger partial charge in [-0.2, -0.15) is 0 Å². The van der Waals surface area contributed by atoms with E-state index in [2.05, 4.69) is 12.6 Å². The summed E-state index contributed by atoms with van der Waals surface area (Å²) in [5.41, 5.74) is 0.373. The van der Waals surface area contributed by atoms with Crippen molar-refractivity contribution >= 4 is 25.9 Å². The van der Waals surface area contributed by atoms with Gasteiger partial charge in [-0.15, -0.1) is 12.6 Å². The Kier molecular flexibility index (Phi) is 1.81. The van der Waals surface area contributed by atoms with Crippen LogP contribution in [0.15, 0.2) is 23.1 Å². The minimum absolute atomic E-state index is 0.328. The fourth-order valence-corrected chi connectivity index (χ4v) is 0.664. The predicted octanol–water partition coefficient (Wildman–Crippen LogP) is 0.908. The van der Waals surface area contributed by atoms with Gasteiger partial charge in [-0.3, -0.25) is 0 Å². The lowest BCUT2D eigenvalue weighted by atomic mass is 9.96.